The molecule has 0 radical (unpaired) electrons. The van der Waals surface area contributed by atoms with E-state index in [1.165, 1.54) is 26.9 Å². The molecule has 15 aromatic rings. The quantitative estimate of drug-likeness (QED) is 0.167. The number of para-hydroxylation sites is 3. The lowest BCUT2D eigenvalue weighted by atomic mass is 10.0. The van der Waals surface area contributed by atoms with Crippen LogP contribution < -0.4 is 0 Å². The van der Waals surface area contributed by atoms with E-state index in [-0.39, 0.29) is 0 Å². The first-order valence-corrected chi connectivity index (χ1v) is 24.0. The molecule has 4 heterocycles. The Balaban J connectivity index is 1.03. The van der Waals surface area contributed by atoms with Crippen molar-refractivity contribution in [1.82, 2.24) is 24.1 Å². The zero-order valence-electron chi connectivity index (χ0n) is 38.2. The molecule has 6 nitrogen and oxygen atoms in total. The van der Waals surface area contributed by atoms with Gasteiger partial charge in [0.15, 0.2) is 17.5 Å². The molecule has 0 spiro atoms. The van der Waals surface area contributed by atoms with E-state index < -0.39 is 0 Å². The minimum absolute atomic E-state index is 0.537. The van der Waals surface area contributed by atoms with Crippen molar-refractivity contribution in [2.45, 2.75) is 0 Å². The molecule has 71 heavy (non-hydrogen) atoms. The van der Waals surface area contributed by atoms with Crippen molar-refractivity contribution in [2.75, 3.05) is 0 Å². The zero-order valence-corrected chi connectivity index (χ0v) is 38.2. The van der Waals surface area contributed by atoms with Gasteiger partial charge in [0.2, 0.25) is 0 Å². The van der Waals surface area contributed by atoms with Crippen LogP contribution in [0.1, 0.15) is 0 Å². The van der Waals surface area contributed by atoms with Gasteiger partial charge in [-0.05, 0) is 99.4 Å². The van der Waals surface area contributed by atoms with Crippen molar-refractivity contribution < 1.29 is 4.42 Å². The van der Waals surface area contributed by atoms with Crippen molar-refractivity contribution in [2.24, 2.45) is 0 Å². The van der Waals surface area contributed by atoms with Crippen LogP contribution in [0.4, 0.5) is 0 Å². The molecule has 330 valence electrons. The highest BCUT2D eigenvalue weighted by atomic mass is 16.3. The number of benzene rings is 11. The normalized spacial score (nSPS) is 11.9. The Bertz CT molecular complexity index is 4620. The Morgan fingerprint density at radius 3 is 1.49 bits per heavy atom. The summed E-state index contributed by atoms with van der Waals surface area (Å²) in [5.74, 6) is 1.68. The van der Waals surface area contributed by atoms with E-state index >= 15 is 0 Å². The Morgan fingerprint density at radius 2 is 0.761 bits per heavy atom. The molecule has 0 saturated carbocycles. The maximum absolute atomic E-state index is 6.86. The van der Waals surface area contributed by atoms with Gasteiger partial charge >= 0.3 is 0 Å². The molecule has 11 aromatic carbocycles. The van der Waals surface area contributed by atoms with E-state index in [4.69, 9.17) is 19.4 Å². The van der Waals surface area contributed by atoms with E-state index in [2.05, 4.69) is 240 Å². The van der Waals surface area contributed by atoms with Gasteiger partial charge in [-0.25, -0.2) is 15.0 Å². The van der Waals surface area contributed by atoms with Gasteiger partial charge in [0, 0.05) is 54.7 Å². The third kappa shape index (κ3) is 6.25. The first kappa shape index (κ1) is 39.4. The Kier molecular flexibility index (Phi) is 8.56. The molecule has 0 aliphatic rings. The number of aromatic nitrogens is 5. The molecule has 4 aromatic heterocycles. The number of hydrogen-bond acceptors (Lipinski definition) is 4. The lowest BCUT2D eigenvalue weighted by Gasteiger charge is -2.15. The van der Waals surface area contributed by atoms with Crippen LogP contribution in [0, 0.1) is 0 Å². The minimum atomic E-state index is 0.537. The van der Waals surface area contributed by atoms with Crippen LogP contribution in [0.25, 0.3) is 144 Å². The second kappa shape index (κ2) is 15.4. The largest absolute Gasteiger partial charge is 0.456 e. The summed E-state index contributed by atoms with van der Waals surface area (Å²) in [6, 6.07) is 84.0. The third-order valence-corrected chi connectivity index (χ3v) is 14.3. The van der Waals surface area contributed by atoms with Gasteiger partial charge in [-0.2, -0.15) is 0 Å². The predicted octanol–water partition coefficient (Wildman–Crippen LogP) is 16.9. The second-order valence-corrected chi connectivity index (χ2v) is 18.4. The van der Waals surface area contributed by atoms with Crippen LogP contribution in [-0.4, -0.2) is 24.1 Å². The summed E-state index contributed by atoms with van der Waals surface area (Å²) in [4.78, 5) is 16.4. The topological polar surface area (TPSA) is 61.7 Å². The van der Waals surface area contributed by atoms with Gasteiger partial charge in [-0.1, -0.05) is 170 Å². The van der Waals surface area contributed by atoms with Crippen molar-refractivity contribution in [3.05, 3.63) is 237 Å². The number of furan rings is 1. The fourth-order valence-corrected chi connectivity index (χ4v) is 10.9. The highest BCUT2D eigenvalue weighted by molar-refractivity contribution is 6.16. The van der Waals surface area contributed by atoms with E-state index in [9.17, 15) is 0 Å². The third-order valence-electron chi connectivity index (χ3n) is 14.3. The highest BCUT2D eigenvalue weighted by Crippen LogP contribution is 2.43. The van der Waals surface area contributed by atoms with Crippen LogP contribution in [0.5, 0.6) is 0 Å². The van der Waals surface area contributed by atoms with Gasteiger partial charge in [0.25, 0.3) is 0 Å². The molecule has 0 amide bonds. The second-order valence-electron chi connectivity index (χ2n) is 18.4. The van der Waals surface area contributed by atoms with Gasteiger partial charge in [0.05, 0.1) is 27.8 Å². The Hall–Kier alpha value is -9.65. The summed E-state index contributed by atoms with van der Waals surface area (Å²) in [5.41, 5.74) is 12.8. The highest BCUT2D eigenvalue weighted by Gasteiger charge is 2.24. The van der Waals surface area contributed by atoms with Crippen molar-refractivity contribution >= 4 is 87.1 Å². The number of rotatable bonds is 6. The fourth-order valence-electron chi connectivity index (χ4n) is 10.9. The zero-order chi connectivity index (χ0) is 46.6. The smallest absolute Gasteiger partial charge is 0.166 e. The standard InChI is InChI=1S/C65H39N5O/c1-3-15-40(16-4-1)41-27-29-42(30-28-41)63-66-64(47-31-32-51-49-23-11-13-25-56(49)69(58(51)36-47)48-21-5-2-6-22-48)68-65(67-63)55-39-62-54(53-34-44-18-8-10-20-46(44)37-61(53)71-62)38-60(55)70-57-26-14-12-24-50(57)52-33-43-17-7-9-19-45(43)35-59(52)70/h1-39H. The number of nitrogens with zero attached hydrogens (tertiary/aromatic N) is 5. The lowest BCUT2D eigenvalue weighted by Crippen LogP contribution is -2.04. The summed E-state index contributed by atoms with van der Waals surface area (Å²) >= 11 is 0. The van der Waals surface area contributed by atoms with Gasteiger partial charge in [0.1, 0.15) is 11.2 Å². The lowest BCUT2D eigenvalue weighted by molar-refractivity contribution is 0.669. The van der Waals surface area contributed by atoms with E-state index in [0.717, 1.165) is 99.4 Å². The maximum Gasteiger partial charge on any atom is 0.166 e. The summed E-state index contributed by atoms with van der Waals surface area (Å²) in [5, 5.41) is 11.4. The number of fused-ring (bicyclic) bond motifs is 11. The molecular weight excluding hydrogens is 867 g/mol. The number of hydrogen-bond donors (Lipinski definition) is 0. The summed E-state index contributed by atoms with van der Waals surface area (Å²) in [6.45, 7) is 0. The van der Waals surface area contributed by atoms with Gasteiger partial charge < -0.3 is 13.6 Å². The van der Waals surface area contributed by atoms with Gasteiger partial charge in [-0.15, -0.1) is 0 Å². The summed E-state index contributed by atoms with van der Waals surface area (Å²) in [6.07, 6.45) is 0. The first-order valence-electron chi connectivity index (χ1n) is 24.0. The molecule has 6 heteroatoms. The predicted molar refractivity (Wildman–Crippen MR) is 293 cm³/mol. The molecular formula is C65H39N5O. The monoisotopic (exact) mass is 905 g/mol. The van der Waals surface area contributed by atoms with Crippen LogP contribution >= 0.6 is 0 Å². The average molecular weight is 906 g/mol. The maximum atomic E-state index is 6.86. The van der Waals surface area contributed by atoms with Crippen LogP contribution in [0.3, 0.4) is 0 Å². The molecule has 0 bridgehead atoms. The molecule has 0 saturated heterocycles. The van der Waals surface area contributed by atoms with Crippen molar-refractivity contribution in [1.29, 1.82) is 0 Å². The van der Waals surface area contributed by atoms with Crippen molar-refractivity contribution in [3.63, 3.8) is 0 Å². The molecule has 0 N–H and O–H groups in total. The first-order chi connectivity index (χ1) is 35.2. The molecule has 0 fully saturated rings. The van der Waals surface area contributed by atoms with E-state index in [1.807, 2.05) is 6.07 Å². The molecule has 0 aliphatic carbocycles. The fraction of sp³-hybridized carbons (Fsp3) is 0. The average Bonchev–Trinajstić information content (AvgIpc) is 4.08. The Morgan fingerprint density at radius 1 is 0.282 bits per heavy atom. The molecule has 0 atom stereocenters. The molecule has 0 aliphatic heterocycles. The molecule has 0 unspecified atom stereocenters. The van der Waals surface area contributed by atoms with Crippen LogP contribution in [-0.2, 0) is 0 Å². The van der Waals surface area contributed by atoms with Crippen LogP contribution in [0.2, 0.25) is 0 Å². The van der Waals surface area contributed by atoms with E-state index in [0.29, 0.717) is 17.5 Å². The molecule has 15 rings (SSSR count). The summed E-state index contributed by atoms with van der Waals surface area (Å²) < 4.78 is 11.6. The van der Waals surface area contributed by atoms with Crippen LogP contribution in [0.15, 0.2) is 241 Å². The minimum Gasteiger partial charge on any atom is -0.456 e. The summed E-state index contributed by atoms with van der Waals surface area (Å²) in [7, 11) is 0. The Labute approximate surface area is 407 Å². The van der Waals surface area contributed by atoms with E-state index in [1.54, 1.807) is 0 Å². The van der Waals surface area contributed by atoms with Crippen molar-refractivity contribution in [3.8, 4) is 56.7 Å². The SMILES string of the molecule is c1ccc(-c2ccc(-c3nc(-c4ccc5c6ccccc6n(-c6ccccc6)c5c4)nc(-c4cc5oc6cc7ccccc7cc6c5cc4-n4c5ccccc5c5cc6ccccc6cc54)n3)cc2)cc1. The van der Waals surface area contributed by atoms with Gasteiger partial charge in [-0.3, -0.25) is 0 Å².